The Labute approximate surface area is 155 Å². The van der Waals surface area contributed by atoms with Gasteiger partial charge in [-0.05, 0) is 43.4 Å². The van der Waals surface area contributed by atoms with Crippen LogP contribution in [0.2, 0.25) is 0 Å². The van der Waals surface area contributed by atoms with Gasteiger partial charge in [-0.3, -0.25) is 0 Å². The molecule has 0 saturated heterocycles. The van der Waals surface area contributed by atoms with Crippen LogP contribution in [0.25, 0.3) is 10.9 Å². The Morgan fingerprint density at radius 3 is 2.42 bits per heavy atom. The second kappa shape index (κ2) is 8.06. The average molecular weight is 371 g/mol. The first-order valence-electron chi connectivity index (χ1n) is 9.02. The predicted octanol–water partition coefficient (Wildman–Crippen LogP) is 3.58. The second-order valence-corrected chi connectivity index (χ2v) is 8.62. The van der Waals surface area contributed by atoms with Gasteiger partial charge in [0.1, 0.15) is 0 Å². The van der Waals surface area contributed by atoms with Crippen molar-refractivity contribution in [1.82, 2.24) is 9.29 Å². The van der Waals surface area contributed by atoms with E-state index in [1.54, 1.807) is 0 Å². The average Bonchev–Trinajstić information content (AvgIpc) is 2.88. The number of sulfonamides is 1. The molecule has 2 aromatic carbocycles. The maximum atomic E-state index is 12.2. The van der Waals surface area contributed by atoms with Crippen LogP contribution < -0.4 is 4.72 Å². The lowest BCUT2D eigenvalue weighted by atomic mass is 10.1. The molecular weight excluding hydrogens is 344 g/mol. The third-order valence-corrected chi connectivity index (χ3v) is 6.42. The van der Waals surface area contributed by atoms with E-state index in [0.717, 1.165) is 6.42 Å². The number of hydrogen-bond donors (Lipinski definition) is 1. The fourth-order valence-electron chi connectivity index (χ4n) is 3.43. The van der Waals surface area contributed by atoms with E-state index in [0.29, 0.717) is 19.4 Å². The molecule has 1 N–H and O–H groups in total. The van der Waals surface area contributed by atoms with Crippen molar-refractivity contribution in [3.05, 3.63) is 71.4 Å². The zero-order chi connectivity index (χ0) is 18.6. The number of rotatable bonds is 8. The summed E-state index contributed by atoms with van der Waals surface area (Å²) in [5, 5.41) is 1.20. The van der Waals surface area contributed by atoms with Gasteiger partial charge in [-0.2, -0.15) is 0 Å². The van der Waals surface area contributed by atoms with Crippen LogP contribution in [0.15, 0.2) is 54.6 Å². The zero-order valence-electron chi connectivity index (χ0n) is 15.4. The Kier molecular flexibility index (Phi) is 5.79. The first-order chi connectivity index (χ1) is 12.5. The number of nitrogens with one attached hydrogen (secondary N) is 1. The Bertz CT molecular complexity index is 976. The molecule has 5 heteroatoms. The van der Waals surface area contributed by atoms with Gasteiger partial charge in [-0.1, -0.05) is 48.5 Å². The lowest BCUT2D eigenvalue weighted by molar-refractivity contribution is 0.579. The Morgan fingerprint density at radius 1 is 0.962 bits per heavy atom. The highest BCUT2D eigenvalue weighted by molar-refractivity contribution is 7.89. The largest absolute Gasteiger partial charge is 0.348 e. The lowest BCUT2D eigenvalue weighted by Gasteiger charge is -2.08. The van der Waals surface area contributed by atoms with Crippen LogP contribution in [0.4, 0.5) is 0 Å². The minimum absolute atomic E-state index is 0.163. The molecule has 3 rings (SSSR count). The molecule has 0 bridgehead atoms. The molecule has 0 spiro atoms. The Morgan fingerprint density at radius 2 is 1.65 bits per heavy atom. The van der Waals surface area contributed by atoms with Crippen molar-refractivity contribution < 1.29 is 8.42 Å². The highest BCUT2D eigenvalue weighted by Gasteiger charge is 2.13. The Balaban J connectivity index is 1.55. The Hall–Kier alpha value is -2.11. The summed E-state index contributed by atoms with van der Waals surface area (Å²) in [5.41, 5.74) is 4.77. The number of aromatic nitrogens is 1. The van der Waals surface area contributed by atoms with Crippen LogP contribution in [-0.2, 0) is 29.9 Å². The van der Waals surface area contributed by atoms with E-state index >= 15 is 0 Å². The van der Waals surface area contributed by atoms with E-state index in [-0.39, 0.29) is 5.75 Å². The first-order valence-corrected chi connectivity index (χ1v) is 10.7. The highest BCUT2D eigenvalue weighted by atomic mass is 32.2. The third-order valence-electron chi connectivity index (χ3n) is 4.95. The molecule has 0 fully saturated rings. The van der Waals surface area contributed by atoms with Crippen molar-refractivity contribution in [2.75, 3.05) is 12.3 Å². The first kappa shape index (κ1) is 18.7. The molecule has 4 nitrogen and oxygen atoms in total. The minimum Gasteiger partial charge on any atom is -0.348 e. The van der Waals surface area contributed by atoms with E-state index in [1.807, 2.05) is 42.5 Å². The van der Waals surface area contributed by atoms with Gasteiger partial charge in [-0.15, -0.1) is 0 Å². The summed E-state index contributed by atoms with van der Waals surface area (Å²) in [5.74, 6) is 0.163. The third kappa shape index (κ3) is 4.34. The number of benzene rings is 2. The number of hydrogen-bond acceptors (Lipinski definition) is 2. The van der Waals surface area contributed by atoms with Crippen LogP contribution in [0.3, 0.4) is 0 Å². The summed E-state index contributed by atoms with van der Waals surface area (Å²) < 4.78 is 29.4. The van der Waals surface area contributed by atoms with E-state index in [9.17, 15) is 8.42 Å². The molecule has 3 aromatic rings. The van der Waals surface area contributed by atoms with Crippen molar-refractivity contribution in [2.45, 2.75) is 26.2 Å². The molecule has 0 saturated carbocycles. The van der Waals surface area contributed by atoms with Gasteiger partial charge >= 0.3 is 0 Å². The van der Waals surface area contributed by atoms with Crippen molar-refractivity contribution in [2.24, 2.45) is 7.05 Å². The normalized spacial score (nSPS) is 11.9. The molecule has 1 aromatic heterocycles. The molecule has 0 radical (unpaired) electrons. The maximum absolute atomic E-state index is 12.2. The topological polar surface area (TPSA) is 51.1 Å². The maximum Gasteiger partial charge on any atom is 0.211 e. The molecule has 0 atom stereocenters. The highest BCUT2D eigenvalue weighted by Crippen LogP contribution is 2.24. The van der Waals surface area contributed by atoms with Crippen LogP contribution in [-0.4, -0.2) is 25.3 Å². The quantitative estimate of drug-likeness (QED) is 0.659. The van der Waals surface area contributed by atoms with E-state index < -0.39 is 10.0 Å². The van der Waals surface area contributed by atoms with Crippen molar-refractivity contribution in [1.29, 1.82) is 0 Å². The summed E-state index contributed by atoms with van der Waals surface area (Å²) >= 11 is 0. The summed E-state index contributed by atoms with van der Waals surface area (Å²) in [6.45, 7) is 2.52. The zero-order valence-corrected chi connectivity index (χ0v) is 16.2. The van der Waals surface area contributed by atoms with Crippen LogP contribution >= 0.6 is 0 Å². The molecule has 1 heterocycles. The molecule has 0 aliphatic heterocycles. The van der Waals surface area contributed by atoms with Gasteiger partial charge in [0.2, 0.25) is 10.0 Å². The summed E-state index contributed by atoms with van der Waals surface area (Å²) in [6, 6.07) is 18.2. The van der Waals surface area contributed by atoms with E-state index in [1.165, 1.54) is 27.7 Å². The van der Waals surface area contributed by atoms with Crippen molar-refractivity contribution in [3.63, 3.8) is 0 Å². The molecule has 26 heavy (non-hydrogen) atoms. The van der Waals surface area contributed by atoms with Crippen LogP contribution in [0.1, 0.15) is 23.2 Å². The monoisotopic (exact) mass is 370 g/mol. The van der Waals surface area contributed by atoms with Gasteiger partial charge in [0.05, 0.1) is 5.75 Å². The lowest BCUT2D eigenvalue weighted by Crippen LogP contribution is -2.28. The number of para-hydroxylation sites is 1. The molecule has 0 aliphatic carbocycles. The van der Waals surface area contributed by atoms with E-state index in [4.69, 9.17) is 0 Å². The van der Waals surface area contributed by atoms with Gasteiger partial charge in [0.25, 0.3) is 0 Å². The van der Waals surface area contributed by atoms with Crippen LogP contribution in [0, 0.1) is 6.92 Å². The van der Waals surface area contributed by atoms with Gasteiger partial charge in [0.15, 0.2) is 0 Å². The predicted molar refractivity (Wildman–Crippen MR) is 108 cm³/mol. The standard InChI is InChI=1S/C21H26N2O2S/c1-17-19(20-12-6-7-13-21(20)23(17)2)14-15-22-26(24,25)16-8-11-18-9-4-3-5-10-18/h3-7,9-10,12-13,22H,8,11,14-16H2,1-2H3. The minimum atomic E-state index is -3.24. The molecule has 0 amide bonds. The van der Waals surface area contributed by atoms with Crippen LogP contribution in [0.5, 0.6) is 0 Å². The number of aryl methyl sites for hydroxylation is 2. The summed E-state index contributed by atoms with van der Waals surface area (Å²) in [4.78, 5) is 0. The molecule has 138 valence electrons. The molecule has 0 aliphatic rings. The number of fused-ring (bicyclic) bond motifs is 1. The second-order valence-electron chi connectivity index (χ2n) is 6.69. The van der Waals surface area contributed by atoms with Crippen molar-refractivity contribution >= 4 is 20.9 Å². The SMILES string of the molecule is Cc1c(CCNS(=O)(=O)CCCc2ccccc2)c2ccccc2n1C. The fourth-order valence-corrected chi connectivity index (χ4v) is 4.51. The fraction of sp³-hybridized carbons (Fsp3) is 0.333. The number of nitrogens with zero attached hydrogens (tertiary/aromatic N) is 1. The van der Waals surface area contributed by atoms with Gasteiger partial charge in [0, 0.05) is 30.2 Å². The molecule has 0 unspecified atom stereocenters. The van der Waals surface area contributed by atoms with Gasteiger partial charge < -0.3 is 4.57 Å². The molecular formula is C21H26N2O2S. The smallest absolute Gasteiger partial charge is 0.211 e. The van der Waals surface area contributed by atoms with Crippen molar-refractivity contribution in [3.8, 4) is 0 Å². The van der Waals surface area contributed by atoms with Gasteiger partial charge in [-0.25, -0.2) is 13.1 Å². The van der Waals surface area contributed by atoms with E-state index in [2.05, 4.69) is 35.4 Å². The summed E-state index contributed by atoms with van der Waals surface area (Å²) in [7, 11) is -1.19. The summed E-state index contributed by atoms with van der Waals surface area (Å²) in [6.07, 6.45) is 2.11.